The van der Waals surface area contributed by atoms with Crippen molar-refractivity contribution in [3.8, 4) is 17.0 Å². The molecule has 1 aromatic carbocycles. The lowest BCUT2D eigenvalue weighted by Crippen LogP contribution is -1.96. The molecule has 0 saturated carbocycles. The number of nitrogens with one attached hydrogen (secondary N) is 1. The second kappa shape index (κ2) is 4.05. The van der Waals surface area contributed by atoms with Gasteiger partial charge in [-0.3, -0.25) is 0 Å². The highest BCUT2D eigenvalue weighted by molar-refractivity contribution is 6.03. The summed E-state index contributed by atoms with van der Waals surface area (Å²) in [4.78, 5) is 3.36. The average molecular weight is 252 g/mol. The molecule has 2 aliphatic rings. The van der Waals surface area contributed by atoms with Crippen LogP contribution >= 0.6 is 0 Å². The van der Waals surface area contributed by atoms with E-state index in [0.717, 1.165) is 27.7 Å². The average Bonchev–Trinajstić information content (AvgIpc) is 2.69. The summed E-state index contributed by atoms with van der Waals surface area (Å²) in [5, 5.41) is 11.2. The van der Waals surface area contributed by atoms with Gasteiger partial charge < -0.3 is 15.8 Å². The molecular formula is C16H16N2O. The van der Waals surface area contributed by atoms with Gasteiger partial charge in [0, 0.05) is 10.9 Å². The summed E-state index contributed by atoms with van der Waals surface area (Å²) in [6, 6.07) is 7.91. The first-order valence-corrected chi connectivity index (χ1v) is 6.25. The number of fused-ring (bicyclic) bond motifs is 2. The Morgan fingerprint density at radius 3 is 2.95 bits per heavy atom. The fourth-order valence-corrected chi connectivity index (χ4v) is 2.61. The standard InChI is InChI=1S/C16H16N2O/c1-3-5-10-8-12-13(16(10)19)14(17)11-7-4-6-9(2)15(11)18-12/h3-4,6-8,18-19H,1,5,17H2,2H3. The molecule has 0 radical (unpaired) electrons. The van der Waals surface area contributed by atoms with Crippen molar-refractivity contribution < 1.29 is 5.11 Å². The van der Waals surface area contributed by atoms with Crippen LogP contribution in [0.1, 0.15) is 11.1 Å². The first kappa shape index (κ1) is 11.7. The van der Waals surface area contributed by atoms with Crippen LogP contribution in [0.25, 0.3) is 22.2 Å². The summed E-state index contributed by atoms with van der Waals surface area (Å²) < 4.78 is 0. The van der Waals surface area contributed by atoms with Crippen LogP contribution in [0.2, 0.25) is 0 Å². The molecule has 3 rings (SSSR count). The van der Waals surface area contributed by atoms with E-state index in [2.05, 4.69) is 11.6 Å². The van der Waals surface area contributed by atoms with E-state index in [1.165, 1.54) is 0 Å². The van der Waals surface area contributed by atoms with Crippen molar-refractivity contribution in [2.45, 2.75) is 13.3 Å². The van der Waals surface area contributed by atoms with Gasteiger partial charge in [0.15, 0.2) is 0 Å². The van der Waals surface area contributed by atoms with E-state index in [4.69, 9.17) is 5.73 Å². The van der Waals surface area contributed by atoms with Gasteiger partial charge in [-0.1, -0.05) is 24.3 Å². The van der Waals surface area contributed by atoms with Crippen LogP contribution < -0.4 is 5.73 Å². The van der Waals surface area contributed by atoms with E-state index in [1.54, 1.807) is 6.08 Å². The number of hydrogen-bond acceptors (Lipinski definition) is 2. The highest BCUT2D eigenvalue weighted by atomic mass is 16.3. The van der Waals surface area contributed by atoms with Gasteiger partial charge in [-0.05, 0) is 25.0 Å². The zero-order valence-electron chi connectivity index (χ0n) is 10.8. The van der Waals surface area contributed by atoms with E-state index in [-0.39, 0.29) is 5.75 Å². The Hall–Kier alpha value is -2.42. The number of nitrogen functional groups attached to an aromatic ring is 1. The molecule has 3 nitrogen and oxygen atoms in total. The van der Waals surface area contributed by atoms with Crippen LogP contribution in [0.4, 0.5) is 5.69 Å². The third-order valence-electron chi connectivity index (χ3n) is 3.59. The van der Waals surface area contributed by atoms with Gasteiger partial charge in [0.25, 0.3) is 0 Å². The molecule has 1 aliphatic heterocycles. The number of aromatic hydroxyl groups is 1. The molecule has 19 heavy (non-hydrogen) atoms. The lowest BCUT2D eigenvalue weighted by atomic mass is 10.0. The lowest BCUT2D eigenvalue weighted by molar-refractivity contribution is 0.474. The van der Waals surface area contributed by atoms with Crippen molar-refractivity contribution in [3.05, 3.63) is 48.0 Å². The Kier molecular flexibility index (Phi) is 2.49. The van der Waals surface area contributed by atoms with Crippen molar-refractivity contribution in [3.63, 3.8) is 0 Å². The maximum absolute atomic E-state index is 10.3. The molecule has 0 saturated heterocycles. The molecule has 0 bridgehead atoms. The van der Waals surface area contributed by atoms with Gasteiger partial charge in [-0.2, -0.15) is 0 Å². The van der Waals surface area contributed by atoms with Crippen LogP contribution in [0.15, 0.2) is 36.9 Å². The molecule has 0 amide bonds. The number of nitrogens with two attached hydrogens (primary N) is 1. The minimum absolute atomic E-state index is 0.257. The first-order chi connectivity index (χ1) is 9.13. The number of aromatic amines is 1. The zero-order valence-corrected chi connectivity index (χ0v) is 10.8. The molecular weight excluding hydrogens is 236 g/mol. The first-order valence-electron chi connectivity index (χ1n) is 6.25. The summed E-state index contributed by atoms with van der Waals surface area (Å²) >= 11 is 0. The smallest absolute Gasteiger partial charge is 0.130 e. The van der Waals surface area contributed by atoms with Crippen molar-refractivity contribution in [2.24, 2.45) is 0 Å². The Bertz CT molecular complexity index is 755. The maximum Gasteiger partial charge on any atom is 0.130 e. The van der Waals surface area contributed by atoms with Crippen LogP contribution in [0, 0.1) is 6.92 Å². The summed E-state index contributed by atoms with van der Waals surface area (Å²) in [6.07, 6.45) is 2.40. The largest absolute Gasteiger partial charge is 0.507 e. The van der Waals surface area contributed by atoms with E-state index < -0.39 is 0 Å². The predicted octanol–water partition coefficient (Wildman–Crippen LogP) is 3.60. The molecule has 0 atom stereocenters. The second-order valence-electron chi connectivity index (χ2n) is 4.84. The third kappa shape index (κ3) is 1.58. The second-order valence-corrected chi connectivity index (χ2v) is 4.84. The Labute approximate surface area is 111 Å². The number of hydrogen-bond donors (Lipinski definition) is 3. The zero-order chi connectivity index (χ0) is 13.6. The van der Waals surface area contributed by atoms with Gasteiger partial charge in [0.2, 0.25) is 0 Å². The van der Waals surface area contributed by atoms with Crippen LogP contribution in [-0.4, -0.2) is 10.1 Å². The number of benzene rings is 1. The number of rotatable bonds is 2. The fourth-order valence-electron chi connectivity index (χ4n) is 2.61. The molecule has 0 fully saturated rings. The number of H-pyrrole nitrogens is 1. The highest BCUT2D eigenvalue weighted by Gasteiger charge is 2.20. The molecule has 4 N–H and O–H groups in total. The van der Waals surface area contributed by atoms with Crippen LogP contribution in [-0.2, 0) is 6.42 Å². The lowest BCUT2D eigenvalue weighted by Gasteiger charge is -2.11. The number of aryl methyl sites for hydroxylation is 1. The molecule has 1 aliphatic carbocycles. The number of allylic oxidation sites excluding steroid dienone is 1. The predicted molar refractivity (Wildman–Crippen MR) is 79.6 cm³/mol. The van der Waals surface area contributed by atoms with Crippen LogP contribution in [0.5, 0.6) is 5.75 Å². The summed E-state index contributed by atoms with van der Waals surface area (Å²) in [6.45, 7) is 5.75. The normalized spacial score (nSPS) is 11.2. The monoisotopic (exact) mass is 252 g/mol. The quantitative estimate of drug-likeness (QED) is 0.610. The highest BCUT2D eigenvalue weighted by Crippen LogP contribution is 2.44. The fraction of sp³-hybridized carbons (Fsp3) is 0.125. The van der Waals surface area contributed by atoms with Crippen LogP contribution in [0.3, 0.4) is 0 Å². The molecule has 3 heteroatoms. The third-order valence-corrected chi connectivity index (χ3v) is 3.59. The minimum atomic E-state index is 0.257. The van der Waals surface area contributed by atoms with Gasteiger partial charge in [0.1, 0.15) is 5.75 Å². The van der Waals surface area contributed by atoms with Gasteiger partial charge in [-0.15, -0.1) is 6.58 Å². The Balaban J connectivity index is 2.44. The number of pyridine rings is 1. The topological polar surface area (TPSA) is 62.0 Å². The van der Waals surface area contributed by atoms with Crippen molar-refractivity contribution >= 4 is 16.6 Å². The SMILES string of the molecule is C=CCc1cc2[nH]c3c(C)cccc3c(N)c-2c1O. The maximum atomic E-state index is 10.3. The summed E-state index contributed by atoms with van der Waals surface area (Å²) in [5.74, 6) is 0.257. The molecule has 0 aromatic heterocycles. The molecule has 0 spiro atoms. The van der Waals surface area contributed by atoms with Crippen molar-refractivity contribution in [1.29, 1.82) is 0 Å². The van der Waals surface area contributed by atoms with E-state index in [1.807, 2.05) is 31.2 Å². The minimum Gasteiger partial charge on any atom is -0.507 e. The Morgan fingerprint density at radius 1 is 1.42 bits per heavy atom. The number of aromatic nitrogens is 1. The molecule has 1 heterocycles. The summed E-state index contributed by atoms with van der Waals surface area (Å²) in [7, 11) is 0. The van der Waals surface area contributed by atoms with Crippen molar-refractivity contribution in [2.75, 3.05) is 5.73 Å². The van der Waals surface area contributed by atoms with E-state index >= 15 is 0 Å². The van der Waals surface area contributed by atoms with Gasteiger partial charge in [-0.25, -0.2) is 0 Å². The number of para-hydroxylation sites is 1. The molecule has 0 unspecified atom stereocenters. The Morgan fingerprint density at radius 2 is 2.21 bits per heavy atom. The van der Waals surface area contributed by atoms with E-state index in [9.17, 15) is 5.11 Å². The van der Waals surface area contributed by atoms with E-state index in [0.29, 0.717) is 17.7 Å². The summed E-state index contributed by atoms with van der Waals surface area (Å²) in [5.41, 5.74) is 11.4. The number of anilines is 1. The van der Waals surface area contributed by atoms with Crippen molar-refractivity contribution in [1.82, 2.24) is 4.98 Å². The van der Waals surface area contributed by atoms with Gasteiger partial charge >= 0.3 is 0 Å². The molecule has 96 valence electrons. The van der Waals surface area contributed by atoms with Gasteiger partial charge in [0.05, 0.1) is 22.5 Å². The molecule has 1 aromatic rings.